The number of hydrogen-bond donors (Lipinski definition) is 2. The maximum atomic E-state index is 10.7. The summed E-state index contributed by atoms with van der Waals surface area (Å²) in [6.07, 6.45) is 0.783. The summed E-state index contributed by atoms with van der Waals surface area (Å²) in [5.74, 6) is -1.06. The molecule has 1 rings (SSSR count). The van der Waals surface area contributed by atoms with E-state index in [0.29, 0.717) is 5.00 Å². The zero-order valence-electron chi connectivity index (χ0n) is 7.76. The van der Waals surface area contributed by atoms with Crippen molar-refractivity contribution in [1.29, 1.82) is 0 Å². The van der Waals surface area contributed by atoms with E-state index in [-0.39, 0.29) is 11.3 Å². The fourth-order valence-corrected chi connectivity index (χ4v) is 1.79. The number of nitrogens with one attached hydrogen (secondary N) is 1. The highest BCUT2D eigenvalue weighted by Gasteiger charge is 2.11. The van der Waals surface area contributed by atoms with Crippen molar-refractivity contribution < 1.29 is 14.8 Å². The summed E-state index contributed by atoms with van der Waals surface area (Å²) < 4.78 is 0. The zero-order chi connectivity index (χ0) is 11.4. The summed E-state index contributed by atoms with van der Waals surface area (Å²) in [5, 5.41) is 23.5. The van der Waals surface area contributed by atoms with Gasteiger partial charge in [0.15, 0.2) is 0 Å². The number of aromatic carboxylic acids is 1. The van der Waals surface area contributed by atoms with Gasteiger partial charge in [-0.2, -0.15) is 0 Å². The van der Waals surface area contributed by atoms with Gasteiger partial charge in [-0.25, -0.2) is 4.79 Å². The van der Waals surface area contributed by atoms with Crippen molar-refractivity contribution in [2.45, 2.75) is 6.92 Å². The van der Waals surface area contributed by atoms with E-state index >= 15 is 0 Å². The van der Waals surface area contributed by atoms with Crippen LogP contribution in [-0.2, 0) is 0 Å². The molecule has 0 aliphatic carbocycles. The SMILES string of the molecule is CC(=C[N+](=O)[O-])Nc1sccc1C(=O)O. The predicted molar refractivity (Wildman–Crippen MR) is 55.7 cm³/mol. The number of rotatable bonds is 4. The Morgan fingerprint density at radius 3 is 2.93 bits per heavy atom. The Labute approximate surface area is 89.0 Å². The van der Waals surface area contributed by atoms with E-state index in [4.69, 9.17) is 5.11 Å². The lowest BCUT2D eigenvalue weighted by molar-refractivity contribution is -0.403. The Kier molecular flexibility index (Phi) is 3.40. The molecule has 7 heteroatoms. The highest BCUT2D eigenvalue weighted by atomic mass is 32.1. The smallest absolute Gasteiger partial charge is 0.338 e. The lowest BCUT2D eigenvalue weighted by Crippen LogP contribution is -2.02. The summed E-state index contributed by atoms with van der Waals surface area (Å²) in [6, 6.07) is 1.44. The predicted octanol–water partition coefficient (Wildman–Crippen LogP) is 2.00. The third-order valence-corrected chi connectivity index (χ3v) is 2.34. The molecule has 1 aromatic heterocycles. The minimum absolute atomic E-state index is 0.107. The van der Waals surface area contributed by atoms with Crippen LogP contribution in [0.4, 0.5) is 5.00 Å². The van der Waals surface area contributed by atoms with Gasteiger partial charge in [-0.1, -0.05) is 0 Å². The molecule has 0 spiro atoms. The molecule has 0 radical (unpaired) electrons. The number of carboxylic acid groups (broad SMARTS) is 1. The molecule has 80 valence electrons. The Balaban J connectivity index is 2.85. The monoisotopic (exact) mass is 228 g/mol. The molecule has 15 heavy (non-hydrogen) atoms. The topological polar surface area (TPSA) is 92.5 Å². The summed E-state index contributed by atoms with van der Waals surface area (Å²) in [5.41, 5.74) is 0.390. The van der Waals surface area contributed by atoms with Crippen molar-refractivity contribution in [3.8, 4) is 0 Å². The first kappa shape index (κ1) is 11.2. The summed E-state index contributed by atoms with van der Waals surface area (Å²) in [6.45, 7) is 1.49. The van der Waals surface area contributed by atoms with E-state index in [0.717, 1.165) is 6.20 Å². The molecule has 0 unspecified atom stereocenters. The first-order valence-corrected chi connectivity index (χ1v) is 4.78. The van der Waals surface area contributed by atoms with Gasteiger partial charge in [-0.15, -0.1) is 11.3 Å². The molecule has 0 saturated heterocycles. The molecule has 0 aliphatic heterocycles. The van der Waals surface area contributed by atoms with Crippen LogP contribution in [-0.4, -0.2) is 16.0 Å². The summed E-state index contributed by atoms with van der Waals surface area (Å²) >= 11 is 1.18. The third-order valence-electron chi connectivity index (χ3n) is 1.51. The van der Waals surface area contributed by atoms with Gasteiger partial charge in [0.25, 0.3) is 6.20 Å². The molecule has 2 N–H and O–H groups in total. The number of hydrogen-bond acceptors (Lipinski definition) is 5. The quantitative estimate of drug-likeness (QED) is 0.607. The molecule has 0 saturated carbocycles. The summed E-state index contributed by atoms with van der Waals surface area (Å²) in [7, 11) is 0. The van der Waals surface area contributed by atoms with Crippen molar-refractivity contribution >= 4 is 22.3 Å². The number of thiophene rings is 1. The van der Waals surface area contributed by atoms with Crippen LogP contribution in [0, 0.1) is 10.1 Å². The standard InChI is InChI=1S/C8H8N2O4S/c1-5(4-10(13)14)9-7-6(8(11)12)2-3-15-7/h2-4,9H,1H3,(H,11,12). The van der Waals surface area contributed by atoms with Crippen LogP contribution in [0.15, 0.2) is 23.3 Å². The highest BCUT2D eigenvalue weighted by molar-refractivity contribution is 7.14. The molecule has 0 fully saturated rings. The van der Waals surface area contributed by atoms with Crippen LogP contribution in [0.5, 0.6) is 0 Å². The van der Waals surface area contributed by atoms with Crippen molar-refractivity contribution in [1.82, 2.24) is 0 Å². The van der Waals surface area contributed by atoms with Crippen LogP contribution in [0.2, 0.25) is 0 Å². The zero-order valence-corrected chi connectivity index (χ0v) is 8.58. The Hall–Kier alpha value is -1.89. The van der Waals surface area contributed by atoms with Crippen molar-refractivity contribution in [3.05, 3.63) is 39.0 Å². The minimum Gasteiger partial charge on any atom is -0.478 e. The van der Waals surface area contributed by atoms with E-state index < -0.39 is 10.9 Å². The van der Waals surface area contributed by atoms with Gasteiger partial charge in [0, 0.05) is 0 Å². The molecule has 6 nitrogen and oxygen atoms in total. The maximum absolute atomic E-state index is 10.7. The Morgan fingerprint density at radius 1 is 1.73 bits per heavy atom. The normalized spacial score (nSPS) is 11.1. The fraction of sp³-hybridized carbons (Fsp3) is 0.125. The third kappa shape index (κ3) is 3.06. The average Bonchev–Trinajstić information content (AvgIpc) is 2.50. The van der Waals surface area contributed by atoms with Crippen LogP contribution in [0.25, 0.3) is 0 Å². The van der Waals surface area contributed by atoms with Crippen LogP contribution in [0.3, 0.4) is 0 Å². The lowest BCUT2D eigenvalue weighted by atomic mass is 10.3. The lowest BCUT2D eigenvalue weighted by Gasteiger charge is -2.02. The number of nitro groups is 1. The van der Waals surface area contributed by atoms with Gasteiger partial charge in [0.05, 0.1) is 16.2 Å². The first-order valence-electron chi connectivity index (χ1n) is 3.90. The van der Waals surface area contributed by atoms with E-state index in [1.807, 2.05) is 0 Å². The van der Waals surface area contributed by atoms with Gasteiger partial charge in [0.1, 0.15) is 5.00 Å². The molecule has 0 amide bonds. The molecular weight excluding hydrogens is 220 g/mol. The van der Waals surface area contributed by atoms with Gasteiger partial charge in [0.2, 0.25) is 0 Å². The van der Waals surface area contributed by atoms with E-state index in [9.17, 15) is 14.9 Å². The Bertz CT molecular complexity index is 424. The van der Waals surface area contributed by atoms with E-state index in [2.05, 4.69) is 5.32 Å². The number of carboxylic acids is 1. The van der Waals surface area contributed by atoms with Crippen LogP contribution < -0.4 is 5.32 Å². The second-order valence-corrected chi connectivity index (χ2v) is 3.61. The fourth-order valence-electron chi connectivity index (χ4n) is 0.944. The van der Waals surface area contributed by atoms with Crippen molar-refractivity contribution in [2.75, 3.05) is 5.32 Å². The van der Waals surface area contributed by atoms with Gasteiger partial charge in [-0.3, -0.25) is 10.1 Å². The molecule has 0 bridgehead atoms. The second-order valence-electron chi connectivity index (χ2n) is 2.69. The highest BCUT2D eigenvalue weighted by Crippen LogP contribution is 2.24. The second kappa shape index (κ2) is 4.56. The van der Waals surface area contributed by atoms with Crippen molar-refractivity contribution in [2.24, 2.45) is 0 Å². The molecular formula is C8H8N2O4S. The molecule has 0 aromatic carbocycles. The van der Waals surface area contributed by atoms with E-state index in [1.54, 1.807) is 5.38 Å². The average molecular weight is 228 g/mol. The van der Waals surface area contributed by atoms with E-state index in [1.165, 1.54) is 24.3 Å². The van der Waals surface area contributed by atoms with Crippen LogP contribution >= 0.6 is 11.3 Å². The summed E-state index contributed by atoms with van der Waals surface area (Å²) in [4.78, 5) is 20.2. The molecule has 1 heterocycles. The molecule has 0 atom stereocenters. The maximum Gasteiger partial charge on any atom is 0.338 e. The number of anilines is 1. The molecule has 0 aliphatic rings. The van der Waals surface area contributed by atoms with Crippen LogP contribution in [0.1, 0.15) is 17.3 Å². The van der Waals surface area contributed by atoms with Gasteiger partial charge >= 0.3 is 5.97 Å². The largest absolute Gasteiger partial charge is 0.478 e. The molecule has 1 aromatic rings. The van der Waals surface area contributed by atoms with Gasteiger partial charge < -0.3 is 10.4 Å². The van der Waals surface area contributed by atoms with Crippen molar-refractivity contribution in [3.63, 3.8) is 0 Å². The van der Waals surface area contributed by atoms with Gasteiger partial charge in [-0.05, 0) is 18.4 Å². The first-order chi connectivity index (χ1) is 7.00. The number of carbonyl (C=O) groups is 1. The minimum atomic E-state index is -1.06. The Morgan fingerprint density at radius 2 is 2.40 bits per heavy atom. The number of nitrogens with zero attached hydrogens (tertiary/aromatic N) is 1. The number of allylic oxidation sites excluding steroid dienone is 1.